The maximum absolute atomic E-state index is 8.89. The summed E-state index contributed by atoms with van der Waals surface area (Å²) in [7, 11) is 1.89. The van der Waals surface area contributed by atoms with Gasteiger partial charge in [-0.05, 0) is 12.1 Å². The number of rotatable bonds is 1. The first kappa shape index (κ1) is 9.54. The van der Waals surface area contributed by atoms with Crippen LogP contribution in [0.2, 0.25) is 0 Å². The standard InChI is InChI=1S/C11H8N6/c1-16-7-13-5-9(16)11-15-14-10-3-2-8(4-12)6-17(10)11/h2-3,5-7H,1H3. The normalized spacial score (nSPS) is 10.6. The summed E-state index contributed by atoms with van der Waals surface area (Å²) in [6, 6.07) is 5.59. The van der Waals surface area contributed by atoms with Gasteiger partial charge in [-0.15, -0.1) is 10.2 Å². The summed E-state index contributed by atoms with van der Waals surface area (Å²) in [4.78, 5) is 4.04. The molecule has 0 aliphatic rings. The van der Waals surface area contributed by atoms with Gasteiger partial charge in [-0.2, -0.15) is 5.26 Å². The van der Waals surface area contributed by atoms with Crippen molar-refractivity contribution in [3.8, 4) is 17.6 Å². The van der Waals surface area contributed by atoms with Gasteiger partial charge in [0.05, 0.1) is 18.1 Å². The average molecular weight is 224 g/mol. The van der Waals surface area contributed by atoms with E-state index in [2.05, 4.69) is 21.3 Å². The van der Waals surface area contributed by atoms with Gasteiger partial charge in [-0.1, -0.05) is 0 Å². The van der Waals surface area contributed by atoms with Crippen LogP contribution in [-0.2, 0) is 7.05 Å². The van der Waals surface area contributed by atoms with Crippen molar-refractivity contribution in [2.45, 2.75) is 0 Å². The maximum Gasteiger partial charge on any atom is 0.186 e. The van der Waals surface area contributed by atoms with Crippen LogP contribution in [0.5, 0.6) is 0 Å². The molecule has 0 amide bonds. The molecule has 0 atom stereocenters. The fourth-order valence-corrected chi connectivity index (χ4v) is 1.70. The summed E-state index contributed by atoms with van der Waals surface area (Å²) < 4.78 is 3.64. The highest BCUT2D eigenvalue weighted by atomic mass is 15.3. The summed E-state index contributed by atoms with van der Waals surface area (Å²) in [5.74, 6) is 0.678. The van der Waals surface area contributed by atoms with E-state index in [4.69, 9.17) is 5.26 Å². The molecule has 3 rings (SSSR count). The van der Waals surface area contributed by atoms with Crippen molar-refractivity contribution >= 4 is 5.65 Å². The Morgan fingerprint density at radius 1 is 1.29 bits per heavy atom. The van der Waals surface area contributed by atoms with E-state index in [9.17, 15) is 0 Å². The molecule has 3 aromatic rings. The Bertz CT molecular complexity index is 730. The smallest absolute Gasteiger partial charge is 0.186 e. The minimum Gasteiger partial charge on any atom is -0.331 e. The number of fused-ring (bicyclic) bond motifs is 1. The molecule has 0 spiro atoms. The maximum atomic E-state index is 8.89. The van der Waals surface area contributed by atoms with Crippen molar-refractivity contribution in [3.63, 3.8) is 0 Å². The molecular weight excluding hydrogens is 216 g/mol. The lowest BCUT2D eigenvalue weighted by Gasteiger charge is -2.00. The van der Waals surface area contributed by atoms with Crippen molar-refractivity contribution in [3.05, 3.63) is 36.4 Å². The number of aryl methyl sites for hydroxylation is 1. The van der Waals surface area contributed by atoms with Crippen molar-refractivity contribution in [2.24, 2.45) is 7.05 Å². The third-order valence-corrected chi connectivity index (χ3v) is 2.58. The van der Waals surface area contributed by atoms with Gasteiger partial charge in [0, 0.05) is 13.2 Å². The second kappa shape index (κ2) is 3.42. The molecule has 0 fully saturated rings. The number of imidazole rings is 1. The molecule has 0 bridgehead atoms. The zero-order valence-corrected chi connectivity index (χ0v) is 9.07. The van der Waals surface area contributed by atoms with Crippen LogP contribution >= 0.6 is 0 Å². The van der Waals surface area contributed by atoms with E-state index in [1.54, 1.807) is 35.3 Å². The van der Waals surface area contributed by atoms with Gasteiger partial charge in [-0.25, -0.2) is 4.98 Å². The Balaban J connectivity index is 2.31. The van der Waals surface area contributed by atoms with Crippen LogP contribution in [-0.4, -0.2) is 24.1 Å². The summed E-state index contributed by atoms with van der Waals surface area (Å²) >= 11 is 0. The summed E-state index contributed by atoms with van der Waals surface area (Å²) in [6.45, 7) is 0. The summed E-state index contributed by atoms with van der Waals surface area (Å²) in [5.41, 5.74) is 2.13. The van der Waals surface area contributed by atoms with E-state index >= 15 is 0 Å². The van der Waals surface area contributed by atoms with Crippen LogP contribution in [0.4, 0.5) is 0 Å². The number of nitriles is 1. The first-order valence-corrected chi connectivity index (χ1v) is 5.01. The highest BCUT2D eigenvalue weighted by molar-refractivity contribution is 5.56. The molecule has 17 heavy (non-hydrogen) atoms. The number of aromatic nitrogens is 5. The molecule has 0 saturated carbocycles. The minimum atomic E-state index is 0.570. The van der Waals surface area contributed by atoms with Gasteiger partial charge in [0.15, 0.2) is 11.5 Å². The van der Waals surface area contributed by atoms with Crippen LogP contribution in [0.1, 0.15) is 5.56 Å². The predicted octanol–water partition coefficient (Wildman–Crippen LogP) is 1.00. The third-order valence-electron chi connectivity index (χ3n) is 2.58. The number of hydrogen-bond acceptors (Lipinski definition) is 4. The van der Waals surface area contributed by atoms with Crippen molar-refractivity contribution in [1.29, 1.82) is 5.26 Å². The lowest BCUT2D eigenvalue weighted by atomic mass is 10.3. The van der Waals surface area contributed by atoms with Gasteiger partial charge in [0.2, 0.25) is 0 Å². The lowest BCUT2D eigenvalue weighted by Crippen LogP contribution is -1.95. The number of pyridine rings is 1. The van der Waals surface area contributed by atoms with E-state index in [-0.39, 0.29) is 0 Å². The second-order valence-corrected chi connectivity index (χ2v) is 3.67. The molecule has 0 aromatic carbocycles. The molecule has 3 heterocycles. The fourth-order valence-electron chi connectivity index (χ4n) is 1.70. The monoisotopic (exact) mass is 224 g/mol. The Morgan fingerprint density at radius 2 is 2.18 bits per heavy atom. The Kier molecular flexibility index (Phi) is 1.92. The van der Waals surface area contributed by atoms with Gasteiger partial charge in [0.1, 0.15) is 11.8 Å². The van der Waals surface area contributed by atoms with Gasteiger partial charge in [-0.3, -0.25) is 4.40 Å². The first-order valence-electron chi connectivity index (χ1n) is 5.01. The largest absolute Gasteiger partial charge is 0.331 e. The van der Waals surface area contributed by atoms with Gasteiger partial charge in [0.25, 0.3) is 0 Å². The van der Waals surface area contributed by atoms with E-state index in [0.717, 1.165) is 5.69 Å². The van der Waals surface area contributed by atoms with Crippen LogP contribution < -0.4 is 0 Å². The van der Waals surface area contributed by atoms with Gasteiger partial charge >= 0.3 is 0 Å². The second-order valence-electron chi connectivity index (χ2n) is 3.67. The quantitative estimate of drug-likeness (QED) is 0.618. The highest BCUT2D eigenvalue weighted by Crippen LogP contribution is 2.17. The van der Waals surface area contributed by atoms with E-state index in [0.29, 0.717) is 17.0 Å². The van der Waals surface area contributed by atoms with E-state index in [1.807, 2.05) is 11.6 Å². The fraction of sp³-hybridized carbons (Fsp3) is 0.0909. The van der Waals surface area contributed by atoms with Crippen LogP contribution in [0, 0.1) is 11.3 Å². The van der Waals surface area contributed by atoms with Crippen molar-refractivity contribution in [1.82, 2.24) is 24.1 Å². The molecule has 3 aromatic heterocycles. The van der Waals surface area contributed by atoms with Crippen molar-refractivity contribution < 1.29 is 0 Å². The summed E-state index contributed by atoms with van der Waals surface area (Å²) in [6.07, 6.45) is 5.14. The molecule has 0 saturated heterocycles. The minimum absolute atomic E-state index is 0.570. The molecule has 0 N–H and O–H groups in total. The van der Waals surface area contributed by atoms with Crippen LogP contribution in [0.25, 0.3) is 17.2 Å². The Labute approximate surface area is 96.8 Å². The molecule has 6 nitrogen and oxygen atoms in total. The molecular formula is C11H8N6. The molecule has 0 aliphatic heterocycles. The van der Waals surface area contributed by atoms with E-state index < -0.39 is 0 Å². The topological polar surface area (TPSA) is 71.8 Å². The average Bonchev–Trinajstić information content (AvgIpc) is 2.94. The van der Waals surface area contributed by atoms with Gasteiger partial charge < -0.3 is 4.57 Å². The van der Waals surface area contributed by atoms with Crippen LogP contribution in [0.15, 0.2) is 30.9 Å². The Morgan fingerprint density at radius 3 is 2.88 bits per heavy atom. The lowest BCUT2D eigenvalue weighted by molar-refractivity contribution is 0.904. The molecule has 0 radical (unpaired) electrons. The zero-order chi connectivity index (χ0) is 11.8. The number of nitrogens with zero attached hydrogens (tertiary/aromatic N) is 6. The predicted molar refractivity (Wildman–Crippen MR) is 59.9 cm³/mol. The zero-order valence-electron chi connectivity index (χ0n) is 9.07. The molecule has 6 heteroatoms. The van der Waals surface area contributed by atoms with Crippen LogP contribution in [0.3, 0.4) is 0 Å². The summed E-state index contributed by atoms with van der Waals surface area (Å²) in [5, 5.41) is 17.1. The molecule has 0 unspecified atom stereocenters. The SMILES string of the molecule is Cn1cncc1-c1nnc2ccc(C#N)cn12. The number of hydrogen-bond donors (Lipinski definition) is 0. The Hall–Kier alpha value is -2.68. The first-order chi connectivity index (χ1) is 8.29. The van der Waals surface area contributed by atoms with E-state index in [1.165, 1.54) is 0 Å². The molecule has 82 valence electrons. The highest BCUT2D eigenvalue weighted by Gasteiger charge is 2.11. The van der Waals surface area contributed by atoms with Crippen molar-refractivity contribution in [2.75, 3.05) is 0 Å². The third kappa shape index (κ3) is 1.37. The molecule has 0 aliphatic carbocycles.